The molecule has 9 heteroatoms. The molecule has 0 saturated carbocycles. The Labute approximate surface area is 170 Å². The van der Waals surface area contributed by atoms with E-state index in [1.165, 1.54) is 19.2 Å². The van der Waals surface area contributed by atoms with E-state index < -0.39 is 34.5 Å². The highest BCUT2D eigenvalue weighted by atomic mass is 32.2. The number of nitrogens with one attached hydrogen (secondary N) is 2. The number of hydrogen-bond acceptors (Lipinski definition) is 6. The van der Waals surface area contributed by atoms with Gasteiger partial charge in [0, 0.05) is 11.8 Å². The maximum atomic E-state index is 12.5. The van der Waals surface area contributed by atoms with Crippen LogP contribution in [0.3, 0.4) is 0 Å². The van der Waals surface area contributed by atoms with Gasteiger partial charge in [-0.05, 0) is 30.2 Å². The summed E-state index contributed by atoms with van der Waals surface area (Å²) in [7, 11) is -2.40. The third kappa shape index (κ3) is 6.58. The average molecular weight is 420 g/mol. The minimum atomic E-state index is -3.91. The van der Waals surface area contributed by atoms with Crippen LogP contribution in [-0.2, 0) is 24.3 Å². The van der Waals surface area contributed by atoms with Crippen molar-refractivity contribution >= 4 is 27.6 Å². The first-order chi connectivity index (χ1) is 13.7. The summed E-state index contributed by atoms with van der Waals surface area (Å²) in [5.74, 6) is -1.21. The van der Waals surface area contributed by atoms with E-state index >= 15 is 0 Å². The van der Waals surface area contributed by atoms with Crippen molar-refractivity contribution in [3.63, 3.8) is 0 Å². The van der Waals surface area contributed by atoms with Crippen LogP contribution >= 0.6 is 0 Å². The van der Waals surface area contributed by atoms with E-state index in [2.05, 4.69) is 10.0 Å². The van der Waals surface area contributed by atoms with Crippen LogP contribution in [0.15, 0.2) is 59.5 Å². The largest absolute Gasteiger partial charge is 0.497 e. The summed E-state index contributed by atoms with van der Waals surface area (Å²) < 4.78 is 37.4. The maximum absolute atomic E-state index is 12.5. The molecule has 0 heterocycles. The van der Waals surface area contributed by atoms with Gasteiger partial charge in [-0.3, -0.25) is 9.59 Å². The van der Waals surface area contributed by atoms with Crippen molar-refractivity contribution in [2.75, 3.05) is 19.0 Å². The van der Waals surface area contributed by atoms with E-state index in [1.807, 2.05) is 0 Å². The topological polar surface area (TPSA) is 111 Å². The average Bonchev–Trinajstić information content (AvgIpc) is 2.71. The maximum Gasteiger partial charge on any atom is 0.324 e. The molecule has 1 amide bonds. The fourth-order valence-corrected chi connectivity index (χ4v) is 3.77. The molecule has 2 aromatic rings. The lowest BCUT2D eigenvalue weighted by Crippen LogP contribution is -2.45. The van der Waals surface area contributed by atoms with Crippen molar-refractivity contribution in [3.8, 4) is 5.75 Å². The van der Waals surface area contributed by atoms with E-state index in [4.69, 9.17) is 9.47 Å². The van der Waals surface area contributed by atoms with Crippen LogP contribution in [0.25, 0.3) is 0 Å². The summed E-state index contributed by atoms with van der Waals surface area (Å²) in [6.07, 6.45) is 0. The molecule has 0 fully saturated rings. The minimum absolute atomic E-state index is 0.0363. The number of benzene rings is 2. The first kappa shape index (κ1) is 22.4. The van der Waals surface area contributed by atoms with Gasteiger partial charge in [-0.15, -0.1) is 0 Å². The van der Waals surface area contributed by atoms with E-state index in [0.717, 1.165) is 0 Å². The zero-order valence-electron chi connectivity index (χ0n) is 16.4. The molecule has 0 bridgehead atoms. The fraction of sp³-hybridized carbons (Fsp3) is 0.300. The molecule has 0 unspecified atom stereocenters. The number of ether oxygens (including phenoxy) is 2. The van der Waals surface area contributed by atoms with Crippen molar-refractivity contribution in [3.05, 3.63) is 54.6 Å². The first-order valence-corrected chi connectivity index (χ1v) is 10.4. The van der Waals surface area contributed by atoms with Crippen molar-refractivity contribution in [1.29, 1.82) is 0 Å². The van der Waals surface area contributed by atoms with Gasteiger partial charge in [-0.1, -0.05) is 38.1 Å². The molecular formula is C20H24N2O6S. The van der Waals surface area contributed by atoms with E-state index in [-0.39, 0.29) is 10.8 Å². The molecule has 0 aliphatic rings. The molecule has 1 atom stereocenters. The van der Waals surface area contributed by atoms with Gasteiger partial charge in [0.2, 0.25) is 10.0 Å². The van der Waals surface area contributed by atoms with Crippen LogP contribution < -0.4 is 14.8 Å². The van der Waals surface area contributed by atoms with Crippen molar-refractivity contribution in [2.45, 2.75) is 24.8 Å². The number of sulfonamides is 1. The molecular weight excluding hydrogens is 396 g/mol. The Hall–Kier alpha value is -2.91. The number of carbonyl (C=O) groups is 2. The lowest BCUT2D eigenvalue weighted by molar-refractivity contribution is -0.150. The Morgan fingerprint density at radius 1 is 1.03 bits per heavy atom. The summed E-state index contributed by atoms with van der Waals surface area (Å²) in [6.45, 7) is 2.80. The molecule has 0 aliphatic heterocycles. The van der Waals surface area contributed by atoms with Crippen LogP contribution in [0.2, 0.25) is 0 Å². The minimum Gasteiger partial charge on any atom is -0.497 e. The van der Waals surface area contributed by atoms with Gasteiger partial charge in [-0.2, -0.15) is 4.72 Å². The summed E-state index contributed by atoms with van der Waals surface area (Å²) in [5.41, 5.74) is 0.482. The highest BCUT2D eigenvalue weighted by Crippen LogP contribution is 2.17. The number of hydrogen-bond donors (Lipinski definition) is 2. The smallest absolute Gasteiger partial charge is 0.324 e. The molecule has 0 radical (unpaired) electrons. The summed E-state index contributed by atoms with van der Waals surface area (Å²) in [6, 6.07) is 13.3. The summed E-state index contributed by atoms with van der Waals surface area (Å²) in [4.78, 5) is 24.5. The number of esters is 1. The van der Waals surface area contributed by atoms with Crippen LogP contribution in [-0.4, -0.2) is 40.1 Å². The highest BCUT2D eigenvalue weighted by molar-refractivity contribution is 7.89. The van der Waals surface area contributed by atoms with Crippen LogP contribution in [0.1, 0.15) is 13.8 Å². The Balaban J connectivity index is 1.98. The molecule has 2 aromatic carbocycles. The lowest BCUT2D eigenvalue weighted by atomic mass is 10.1. The number of anilines is 1. The molecule has 0 saturated heterocycles. The summed E-state index contributed by atoms with van der Waals surface area (Å²) in [5, 5.41) is 2.58. The van der Waals surface area contributed by atoms with Gasteiger partial charge in [0.05, 0.1) is 12.0 Å². The monoisotopic (exact) mass is 420 g/mol. The van der Waals surface area contributed by atoms with Crippen LogP contribution in [0.4, 0.5) is 5.69 Å². The number of amides is 1. The SMILES string of the molecule is COc1cccc(NC(=O)COC(=O)[C@H](NS(=O)(=O)c2ccccc2)C(C)C)c1. The molecule has 0 aliphatic carbocycles. The van der Waals surface area contributed by atoms with Gasteiger partial charge in [0.25, 0.3) is 5.91 Å². The van der Waals surface area contributed by atoms with Crippen molar-refractivity contribution in [2.24, 2.45) is 5.92 Å². The Morgan fingerprint density at radius 3 is 2.34 bits per heavy atom. The van der Waals surface area contributed by atoms with Crippen LogP contribution in [0.5, 0.6) is 5.75 Å². The van der Waals surface area contributed by atoms with Gasteiger partial charge in [0.1, 0.15) is 11.8 Å². The molecule has 2 N–H and O–H groups in total. The second-order valence-corrected chi connectivity index (χ2v) is 8.26. The van der Waals surface area contributed by atoms with Crippen LogP contribution in [0, 0.1) is 5.92 Å². The normalized spacial score (nSPS) is 12.3. The number of methoxy groups -OCH3 is 1. The van der Waals surface area contributed by atoms with Gasteiger partial charge >= 0.3 is 5.97 Å². The van der Waals surface area contributed by atoms with E-state index in [0.29, 0.717) is 11.4 Å². The molecule has 29 heavy (non-hydrogen) atoms. The molecule has 156 valence electrons. The van der Waals surface area contributed by atoms with Crippen molar-refractivity contribution in [1.82, 2.24) is 4.72 Å². The van der Waals surface area contributed by atoms with E-state index in [9.17, 15) is 18.0 Å². The van der Waals surface area contributed by atoms with Gasteiger partial charge in [-0.25, -0.2) is 8.42 Å². The zero-order chi connectivity index (χ0) is 21.4. The van der Waals surface area contributed by atoms with Crippen molar-refractivity contribution < 1.29 is 27.5 Å². The zero-order valence-corrected chi connectivity index (χ0v) is 17.2. The van der Waals surface area contributed by atoms with Gasteiger partial charge < -0.3 is 14.8 Å². The highest BCUT2D eigenvalue weighted by Gasteiger charge is 2.30. The quantitative estimate of drug-likeness (QED) is 0.602. The Kier molecular flexibility index (Phi) is 7.74. The van der Waals surface area contributed by atoms with E-state index in [1.54, 1.807) is 56.3 Å². The molecule has 8 nitrogen and oxygen atoms in total. The standard InChI is InChI=1S/C20H24N2O6S/c1-14(2)19(22-29(25,26)17-10-5-4-6-11-17)20(24)28-13-18(23)21-15-8-7-9-16(12-15)27-3/h4-12,14,19,22H,13H2,1-3H3,(H,21,23)/t19-/m1/s1. The lowest BCUT2D eigenvalue weighted by Gasteiger charge is -2.20. The molecule has 0 aromatic heterocycles. The third-order valence-electron chi connectivity index (χ3n) is 3.96. The Morgan fingerprint density at radius 2 is 1.72 bits per heavy atom. The fourth-order valence-electron chi connectivity index (χ4n) is 2.42. The second-order valence-electron chi connectivity index (χ2n) is 6.54. The number of rotatable bonds is 9. The predicted octanol–water partition coefficient (Wildman–Crippen LogP) is 2.18. The third-order valence-corrected chi connectivity index (χ3v) is 5.41. The summed E-state index contributed by atoms with van der Waals surface area (Å²) >= 11 is 0. The first-order valence-electron chi connectivity index (χ1n) is 8.91. The Bertz CT molecular complexity index is 944. The molecule has 2 rings (SSSR count). The molecule has 0 spiro atoms. The van der Waals surface area contributed by atoms with Gasteiger partial charge in [0.15, 0.2) is 6.61 Å². The predicted molar refractivity (Wildman–Crippen MR) is 108 cm³/mol. The second kappa shape index (κ2) is 10.0. The number of carbonyl (C=O) groups excluding carboxylic acids is 2.